The van der Waals surface area contributed by atoms with Crippen molar-refractivity contribution in [3.05, 3.63) is 34.9 Å². The van der Waals surface area contributed by atoms with Crippen LogP contribution in [0.5, 0.6) is 0 Å². The van der Waals surface area contributed by atoms with E-state index in [9.17, 15) is 0 Å². The molecule has 2 atom stereocenters. The summed E-state index contributed by atoms with van der Waals surface area (Å²) in [5.74, 6) is 0.966. The Morgan fingerprint density at radius 3 is 2.71 bits per heavy atom. The minimum absolute atomic E-state index is 0.478. The van der Waals surface area contributed by atoms with E-state index in [0.717, 1.165) is 5.02 Å². The predicted molar refractivity (Wildman–Crippen MR) is 71.0 cm³/mol. The first kappa shape index (κ1) is 12.5. The van der Waals surface area contributed by atoms with Gasteiger partial charge >= 0.3 is 0 Å². The zero-order valence-corrected chi connectivity index (χ0v) is 10.8. The van der Waals surface area contributed by atoms with Gasteiger partial charge in [0.25, 0.3) is 0 Å². The third-order valence-electron chi connectivity index (χ3n) is 3.82. The van der Waals surface area contributed by atoms with Crippen LogP contribution in [0.15, 0.2) is 24.3 Å². The molecule has 1 aliphatic rings. The molecule has 90 valence electrons. The van der Waals surface area contributed by atoms with E-state index < -0.39 is 0 Å². The lowest BCUT2D eigenvalue weighted by Crippen LogP contribution is -2.11. The molecule has 2 heteroatoms. The van der Waals surface area contributed by atoms with Gasteiger partial charge in [-0.2, -0.15) is 5.26 Å². The zero-order chi connectivity index (χ0) is 12.1. The van der Waals surface area contributed by atoms with Crippen LogP contribution in [-0.2, 0) is 0 Å². The summed E-state index contributed by atoms with van der Waals surface area (Å²) >= 11 is 6.29. The van der Waals surface area contributed by atoms with Crippen molar-refractivity contribution in [2.45, 2.75) is 44.4 Å². The van der Waals surface area contributed by atoms with Gasteiger partial charge in [-0.3, -0.25) is 0 Å². The smallest absolute Gasteiger partial charge is 0.0624 e. The van der Waals surface area contributed by atoms with Crippen LogP contribution in [0.25, 0.3) is 0 Å². The molecule has 0 N–H and O–H groups in total. The summed E-state index contributed by atoms with van der Waals surface area (Å²) in [5.41, 5.74) is 1.25. The first-order valence-electron chi connectivity index (χ1n) is 6.44. The van der Waals surface area contributed by atoms with E-state index >= 15 is 0 Å². The molecule has 2 unspecified atom stereocenters. The molecule has 0 spiro atoms. The summed E-state index contributed by atoms with van der Waals surface area (Å²) in [6.07, 6.45) is 6.82. The molecule has 0 aliphatic heterocycles. The normalized spacial score (nSPS) is 24.9. The van der Waals surface area contributed by atoms with Crippen LogP contribution in [-0.4, -0.2) is 0 Å². The highest BCUT2D eigenvalue weighted by molar-refractivity contribution is 6.31. The van der Waals surface area contributed by atoms with Crippen LogP contribution in [0, 0.1) is 17.2 Å². The standard InChI is InChI=1S/C15H18ClN/c16-15-9-5-4-8-14(15)13-7-3-1-2-6-12(13)10-11-17/h4-5,8-9,12-13H,1-3,6-7,10H2. The van der Waals surface area contributed by atoms with Crippen molar-refractivity contribution in [3.63, 3.8) is 0 Å². The quantitative estimate of drug-likeness (QED) is 0.681. The van der Waals surface area contributed by atoms with Crippen molar-refractivity contribution in [1.29, 1.82) is 5.26 Å². The third kappa shape index (κ3) is 3.01. The Morgan fingerprint density at radius 1 is 1.18 bits per heavy atom. The number of hydrogen-bond acceptors (Lipinski definition) is 1. The fraction of sp³-hybridized carbons (Fsp3) is 0.533. The first-order chi connectivity index (χ1) is 8.33. The van der Waals surface area contributed by atoms with Crippen LogP contribution in [0.4, 0.5) is 0 Å². The van der Waals surface area contributed by atoms with E-state index in [2.05, 4.69) is 18.2 Å². The molecule has 0 radical (unpaired) electrons. The van der Waals surface area contributed by atoms with Crippen LogP contribution in [0.1, 0.15) is 50.0 Å². The first-order valence-corrected chi connectivity index (χ1v) is 6.82. The van der Waals surface area contributed by atoms with Gasteiger partial charge in [-0.05, 0) is 36.3 Å². The van der Waals surface area contributed by atoms with Gasteiger partial charge in [-0.25, -0.2) is 0 Å². The van der Waals surface area contributed by atoms with Crippen LogP contribution in [0.2, 0.25) is 5.02 Å². The summed E-state index contributed by atoms with van der Waals surface area (Å²) in [4.78, 5) is 0. The van der Waals surface area contributed by atoms with E-state index in [4.69, 9.17) is 16.9 Å². The van der Waals surface area contributed by atoms with Crippen LogP contribution >= 0.6 is 11.6 Å². The van der Waals surface area contributed by atoms with Crippen molar-refractivity contribution >= 4 is 11.6 Å². The molecule has 0 bridgehead atoms. The molecular formula is C15H18ClN. The van der Waals surface area contributed by atoms with Crippen molar-refractivity contribution in [2.24, 2.45) is 5.92 Å². The van der Waals surface area contributed by atoms with Crippen molar-refractivity contribution < 1.29 is 0 Å². The van der Waals surface area contributed by atoms with Gasteiger partial charge in [-0.1, -0.05) is 49.1 Å². The van der Waals surface area contributed by atoms with Gasteiger partial charge in [0, 0.05) is 11.4 Å². The molecular weight excluding hydrogens is 230 g/mol. The SMILES string of the molecule is N#CCC1CCCCCC1c1ccccc1Cl. The van der Waals surface area contributed by atoms with Crippen LogP contribution < -0.4 is 0 Å². The molecule has 0 amide bonds. The fourth-order valence-electron chi connectivity index (χ4n) is 2.93. The number of rotatable bonds is 2. The summed E-state index contributed by atoms with van der Waals surface area (Å²) in [5, 5.41) is 9.82. The van der Waals surface area contributed by atoms with Crippen molar-refractivity contribution in [1.82, 2.24) is 0 Å². The zero-order valence-electron chi connectivity index (χ0n) is 10.0. The van der Waals surface area contributed by atoms with Gasteiger partial charge in [0.05, 0.1) is 6.07 Å². The van der Waals surface area contributed by atoms with Crippen molar-refractivity contribution in [2.75, 3.05) is 0 Å². The highest BCUT2D eigenvalue weighted by atomic mass is 35.5. The average Bonchev–Trinajstić information content (AvgIpc) is 2.56. The highest BCUT2D eigenvalue weighted by Gasteiger charge is 2.26. The highest BCUT2D eigenvalue weighted by Crippen LogP contribution is 2.40. The second-order valence-corrected chi connectivity index (χ2v) is 5.30. The second-order valence-electron chi connectivity index (χ2n) is 4.89. The maximum absolute atomic E-state index is 8.96. The lowest BCUT2D eigenvalue weighted by molar-refractivity contribution is 0.406. The Hall–Kier alpha value is -1.00. The molecule has 17 heavy (non-hydrogen) atoms. The topological polar surface area (TPSA) is 23.8 Å². The summed E-state index contributed by atoms with van der Waals surface area (Å²) in [7, 11) is 0. The Balaban J connectivity index is 2.26. The molecule has 0 aromatic heterocycles. The van der Waals surface area contributed by atoms with Gasteiger partial charge < -0.3 is 0 Å². The van der Waals surface area contributed by atoms with Gasteiger partial charge in [-0.15, -0.1) is 0 Å². The Labute approximate surface area is 108 Å². The molecule has 1 aliphatic carbocycles. The Bertz CT molecular complexity index is 408. The number of benzene rings is 1. The van der Waals surface area contributed by atoms with Gasteiger partial charge in [0.1, 0.15) is 0 Å². The van der Waals surface area contributed by atoms with E-state index in [1.54, 1.807) is 0 Å². The van der Waals surface area contributed by atoms with E-state index in [0.29, 0.717) is 18.3 Å². The molecule has 2 rings (SSSR count). The summed E-state index contributed by atoms with van der Waals surface area (Å²) in [6.45, 7) is 0. The van der Waals surface area contributed by atoms with Crippen molar-refractivity contribution in [3.8, 4) is 6.07 Å². The second kappa shape index (κ2) is 6.07. The monoisotopic (exact) mass is 247 g/mol. The predicted octanol–water partition coefficient (Wildman–Crippen LogP) is 4.92. The maximum atomic E-state index is 8.96. The number of halogens is 1. The van der Waals surface area contributed by atoms with Crippen LogP contribution in [0.3, 0.4) is 0 Å². The number of hydrogen-bond donors (Lipinski definition) is 0. The molecule has 0 heterocycles. The Kier molecular flexibility index (Phi) is 4.45. The van der Waals surface area contributed by atoms with E-state index in [1.807, 2.05) is 12.1 Å². The average molecular weight is 248 g/mol. The molecule has 1 aromatic rings. The third-order valence-corrected chi connectivity index (χ3v) is 4.16. The minimum atomic E-state index is 0.478. The van der Waals surface area contributed by atoms with E-state index in [1.165, 1.54) is 37.7 Å². The largest absolute Gasteiger partial charge is 0.198 e. The summed E-state index contributed by atoms with van der Waals surface area (Å²) < 4.78 is 0. The van der Waals surface area contributed by atoms with E-state index in [-0.39, 0.29) is 0 Å². The Morgan fingerprint density at radius 2 is 1.94 bits per heavy atom. The lowest BCUT2D eigenvalue weighted by Gasteiger charge is -2.24. The number of nitriles is 1. The maximum Gasteiger partial charge on any atom is 0.0624 e. The van der Waals surface area contributed by atoms with Gasteiger partial charge in [0.15, 0.2) is 0 Å². The fourth-order valence-corrected chi connectivity index (χ4v) is 3.21. The number of nitrogens with zero attached hydrogens (tertiary/aromatic N) is 1. The molecule has 0 saturated heterocycles. The minimum Gasteiger partial charge on any atom is -0.198 e. The molecule has 1 aromatic carbocycles. The molecule has 1 nitrogen and oxygen atoms in total. The molecule has 1 fully saturated rings. The molecule has 1 saturated carbocycles. The summed E-state index contributed by atoms with van der Waals surface area (Å²) in [6, 6.07) is 10.5. The van der Waals surface area contributed by atoms with Gasteiger partial charge in [0.2, 0.25) is 0 Å². The lowest BCUT2D eigenvalue weighted by atomic mass is 9.81.